The first-order valence-corrected chi connectivity index (χ1v) is 7.88. The number of hydrogen-bond acceptors (Lipinski definition) is 5. The second-order valence-electron chi connectivity index (χ2n) is 4.49. The lowest BCUT2D eigenvalue weighted by molar-refractivity contribution is 0.128. The van der Waals surface area contributed by atoms with E-state index in [1.165, 1.54) is 4.70 Å². The fourth-order valence-electron chi connectivity index (χ4n) is 2.02. The molecular formula is C15H14ClN3OS. The van der Waals surface area contributed by atoms with Gasteiger partial charge in [-0.15, -0.1) is 11.3 Å². The largest absolute Gasteiger partial charge is 0.374 e. The smallest absolute Gasteiger partial charge is 0.155 e. The molecule has 0 N–H and O–H groups in total. The molecule has 0 saturated carbocycles. The fraction of sp³-hybridized carbons (Fsp3) is 0.267. The van der Waals surface area contributed by atoms with Crippen molar-refractivity contribution in [1.29, 1.82) is 0 Å². The highest BCUT2D eigenvalue weighted by atomic mass is 35.5. The van der Waals surface area contributed by atoms with Crippen molar-refractivity contribution < 1.29 is 4.74 Å². The maximum absolute atomic E-state index is 6.05. The Bertz CT molecular complexity index is 727. The minimum atomic E-state index is 0.379. The summed E-state index contributed by atoms with van der Waals surface area (Å²) in [5.74, 6) is 0.612. The van der Waals surface area contributed by atoms with Crippen LogP contribution >= 0.6 is 22.9 Å². The number of benzene rings is 1. The van der Waals surface area contributed by atoms with Gasteiger partial charge in [0, 0.05) is 13.0 Å². The predicted molar refractivity (Wildman–Crippen MR) is 84.8 cm³/mol. The Morgan fingerprint density at radius 2 is 2.05 bits per heavy atom. The van der Waals surface area contributed by atoms with Crippen molar-refractivity contribution >= 4 is 33.2 Å². The molecule has 0 radical (unpaired) electrons. The zero-order chi connectivity index (χ0) is 14.7. The molecule has 0 amide bonds. The lowest BCUT2D eigenvalue weighted by atomic mass is 10.3. The Morgan fingerprint density at radius 3 is 2.86 bits per heavy atom. The van der Waals surface area contributed by atoms with E-state index >= 15 is 0 Å². The molecule has 108 valence electrons. The minimum Gasteiger partial charge on any atom is -0.374 e. The Balaban J connectivity index is 1.84. The Kier molecular flexibility index (Phi) is 4.43. The average Bonchev–Trinajstić information content (AvgIpc) is 2.86. The van der Waals surface area contributed by atoms with E-state index < -0.39 is 0 Å². The molecule has 3 rings (SSSR count). The molecule has 6 heteroatoms. The molecule has 2 aromatic heterocycles. The molecule has 0 spiro atoms. The van der Waals surface area contributed by atoms with Crippen molar-refractivity contribution in [3.05, 3.63) is 52.0 Å². The van der Waals surface area contributed by atoms with E-state index in [9.17, 15) is 0 Å². The van der Waals surface area contributed by atoms with E-state index in [-0.39, 0.29) is 0 Å². The van der Waals surface area contributed by atoms with Gasteiger partial charge in [-0.3, -0.25) is 0 Å². The van der Waals surface area contributed by atoms with Crippen molar-refractivity contribution in [1.82, 2.24) is 15.0 Å². The van der Waals surface area contributed by atoms with Gasteiger partial charge in [0.25, 0.3) is 0 Å². The third kappa shape index (κ3) is 3.56. The number of para-hydroxylation sites is 1. The first-order valence-electron chi connectivity index (χ1n) is 6.69. The van der Waals surface area contributed by atoms with E-state index in [0.717, 1.165) is 16.2 Å². The molecule has 3 aromatic rings. The predicted octanol–water partition coefficient (Wildman–Crippen LogP) is 3.87. The molecule has 2 heterocycles. The van der Waals surface area contributed by atoms with Crippen molar-refractivity contribution in [3.8, 4) is 0 Å². The maximum Gasteiger partial charge on any atom is 0.155 e. The Hall–Kier alpha value is -1.56. The van der Waals surface area contributed by atoms with Gasteiger partial charge in [0.1, 0.15) is 11.8 Å². The van der Waals surface area contributed by atoms with Crippen LogP contribution in [-0.2, 0) is 17.8 Å². The van der Waals surface area contributed by atoms with Crippen molar-refractivity contribution in [2.24, 2.45) is 0 Å². The molecule has 0 aliphatic rings. The highest BCUT2D eigenvalue weighted by molar-refractivity contribution is 7.18. The van der Waals surface area contributed by atoms with Crippen molar-refractivity contribution in [3.63, 3.8) is 0 Å². The fourth-order valence-corrected chi connectivity index (χ4v) is 3.22. The van der Waals surface area contributed by atoms with Crippen molar-refractivity contribution in [2.75, 3.05) is 6.61 Å². The van der Waals surface area contributed by atoms with Crippen LogP contribution in [0.1, 0.15) is 23.4 Å². The summed E-state index contributed by atoms with van der Waals surface area (Å²) in [5.41, 5.74) is 1.89. The number of thiazole rings is 1. The third-order valence-electron chi connectivity index (χ3n) is 2.90. The zero-order valence-corrected chi connectivity index (χ0v) is 13.1. The van der Waals surface area contributed by atoms with Crippen LogP contribution in [0.4, 0.5) is 0 Å². The minimum absolute atomic E-state index is 0.379. The first kappa shape index (κ1) is 14.4. The molecule has 0 aliphatic carbocycles. The van der Waals surface area contributed by atoms with Gasteiger partial charge < -0.3 is 4.74 Å². The summed E-state index contributed by atoms with van der Waals surface area (Å²) < 4.78 is 6.51. The van der Waals surface area contributed by atoms with Crippen LogP contribution in [0.5, 0.6) is 0 Å². The van der Waals surface area contributed by atoms with Gasteiger partial charge in [-0.05, 0) is 25.1 Å². The summed E-state index contributed by atoms with van der Waals surface area (Å²) in [6.07, 6.45) is 0.653. The number of halogens is 1. The normalized spacial score (nSPS) is 11.1. The number of nitrogens with zero attached hydrogens (tertiary/aromatic N) is 3. The first-order chi connectivity index (χ1) is 10.2. The van der Waals surface area contributed by atoms with Gasteiger partial charge in [-0.1, -0.05) is 23.7 Å². The maximum atomic E-state index is 6.05. The third-order valence-corrected chi connectivity index (χ3v) is 4.13. The molecule has 0 unspecified atom stereocenters. The van der Waals surface area contributed by atoms with Gasteiger partial charge in [0.05, 0.1) is 20.9 Å². The lowest BCUT2D eigenvalue weighted by Crippen LogP contribution is -2.03. The van der Waals surface area contributed by atoms with E-state index in [4.69, 9.17) is 16.3 Å². The molecule has 4 nitrogen and oxygen atoms in total. The topological polar surface area (TPSA) is 47.9 Å². The zero-order valence-electron chi connectivity index (χ0n) is 11.5. The average molecular weight is 320 g/mol. The van der Waals surface area contributed by atoms with E-state index in [1.807, 2.05) is 25.1 Å². The molecule has 0 bridgehead atoms. The number of aromatic nitrogens is 3. The van der Waals surface area contributed by atoms with Gasteiger partial charge in [-0.2, -0.15) is 0 Å². The van der Waals surface area contributed by atoms with Crippen LogP contribution in [0.3, 0.4) is 0 Å². The van der Waals surface area contributed by atoms with Crippen LogP contribution in [0, 0.1) is 0 Å². The highest BCUT2D eigenvalue weighted by Crippen LogP contribution is 2.23. The highest BCUT2D eigenvalue weighted by Gasteiger charge is 2.08. The quantitative estimate of drug-likeness (QED) is 0.670. The number of ether oxygens (including phenoxy) is 1. The lowest BCUT2D eigenvalue weighted by Gasteiger charge is -2.04. The Labute approximate surface area is 131 Å². The summed E-state index contributed by atoms with van der Waals surface area (Å²) in [5, 5.41) is 1.46. The molecule has 1 aromatic carbocycles. The van der Waals surface area contributed by atoms with E-state index in [1.54, 1.807) is 17.4 Å². The van der Waals surface area contributed by atoms with Crippen LogP contribution in [0.2, 0.25) is 5.15 Å². The van der Waals surface area contributed by atoms with Crippen molar-refractivity contribution in [2.45, 2.75) is 20.0 Å². The van der Waals surface area contributed by atoms with Gasteiger partial charge in [0.15, 0.2) is 5.82 Å². The number of fused-ring (bicyclic) bond motifs is 1. The van der Waals surface area contributed by atoms with Gasteiger partial charge in [0.2, 0.25) is 0 Å². The molecule has 0 fully saturated rings. The number of hydrogen-bond donors (Lipinski definition) is 0. The van der Waals surface area contributed by atoms with Crippen LogP contribution in [0.15, 0.2) is 30.3 Å². The summed E-state index contributed by atoms with van der Waals surface area (Å²) in [6.45, 7) is 2.94. The number of rotatable bonds is 5. The van der Waals surface area contributed by atoms with Gasteiger partial charge in [-0.25, -0.2) is 15.0 Å². The SMILES string of the molecule is CCOCc1nc(Cl)cc(Cc2nc3ccccc3s2)n1. The van der Waals surface area contributed by atoms with Crippen LogP contribution in [-0.4, -0.2) is 21.6 Å². The van der Waals surface area contributed by atoms with E-state index in [2.05, 4.69) is 21.0 Å². The second-order valence-corrected chi connectivity index (χ2v) is 5.99. The molecule has 0 atom stereocenters. The summed E-state index contributed by atoms with van der Waals surface area (Å²) >= 11 is 7.73. The molecule has 0 saturated heterocycles. The van der Waals surface area contributed by atoms with Crippen LogP contribution in [0.25, 0.3) is 10.2 Å². The molecule has 21 heavy (non-hydrogen) atoms. The second kappa shape index (κ2) is 6.47. The van der Waals surface area contributed by atoms with Crippen LogP contribution < -0.4 is 0 Å². The van der Waals surface area contributed by atoms with E-state index in [0.29, 0.717) is 30.6 Å². The molecule has 0 aliphatic heterocycles. The monoisotopic (exact) mass is 319 g/mol. The Morgan fingerprint density at radius 1 is 1.19 bits per heavy atom. The summed E-state index contributed by atoms with van der Waals surface area (Å²) in [6, 6.07) is 9.88. The standard InChI is InChI=1S/C15H14ClN3OS/c1-2-20-9-14-17-10(7-13(16)19-14)8-15-18-11-5-3-4-6-12(11)21-15/h3-7H,2,8-9H2,1H3. The van der Waals surface area contributed by atoms with Gasteiger partial charge >= 0.3 is 0 Å². The summed E-state index contributed by atoms with van der Waals surface area (Å²) in [4.78, 5) is 13.3. The summed E-state index contributed by atoms with van der Waals surface area (Å²) in [7, 11) is 0. The molecular weight excluding hydrogens is 306 g/mol.